The molecular formula is C25H23Cl2N3O4. The molecule has 2 amide bonds. The number of carbonyl (C=O) groups excluding carboxylic acids is 2. The molecule has 0 heterocycles. The predicted octanol–water partition coefficient (Wildman–Crippen LogP) is 5.45. The van der Waals surface area contributed by atoms with Crippen LogP contribution in [-0.2, 0) is 16.2 Å². The lowest BCUT2D eigenvalue weighted by Crippen LogP contribution is -2.20. The number of methoxy groups -OCH3 is 1. The van der Waals surface area contributed by atoms with Crippen molar-refractivity contribution in [1.29, 1.82) is 0 Å². The molecule has 0 fully saturated rings. The van der Waals surface area contributed by atoms with Crippen molar-refractivity contribution in [3.05, 3.63) is 87.9 Å². The molecule has 0 atom stereocenters. The molecule has 0 aromatic heterocycles. The van der Waals surface area contributed by atoms with E-state index in [1.807, 2.05) is 12.1 Å². The number of carbonyl (C=O) groups is 2. The second-order valence-corrected chi connectivity index (χ2v) is 7.95. The maximum absolute atomic E-state index is 12.1. The summed E-state index contributed by atoms with van der Waals surface area (Å²) >= 11 is 12.1. The van der Waals surface area contributed by atoms with Gasteiger partial charge in [-0.2, -0.15) is 5.10 Å². The maximum Gasteiger partial charge on any atom is 0.240 e. The quantitative estimate of drug-likeness (QED) is 0.286. The topological polar surface area (TPSA) is 89.0 Å². The Morgan fingerprint density at radius 3 is 2.41 bits per heavy atom. The van der Waals surface area contributed by atoms with Crippen LogP contribution in [-0.4, -0.2) is 25.1 Å². The van der Waals surface area contributed by atoms with E-state index in [9.17, 15) is 9.59 Å². The van der Waals surface area contributed by atoms with E-state index in [4.69, 9.17) is 32.7 Å². The van der Waals surface area contributed by atoms with Crippen LogP contribution in [0.15, 0.2) is 71.8 Å². The third kappa shape index (κ3) is 7.50. The molecule has 0 aliphatic rings. The van der Waals surface area contributed by atoms with Crippen molar-refractivity contribution in [2.24, 2.45) is 5.10 Å². The molecule has 0 aliphatic carbocycles. The molecule has 0 aliphatic heterocycles. The fourth-order valence-electron chi connectivity index (χ4n) is 2.93. The first-order chi connectivity index (χ1) is 16.5. The van der Waals surface area contributed by atoms with Crippen molar-refractivity contribution in [3.8, 4) is 11.5 Å². The number of hydrogen-bond donors (Lipinski definition) is 2. The molecule has 34 heavy (non-hydrogen) atoms. The first-order valence-corrected chi connectivity index (χ1v) is 11.1. The molecule has 3 aromatic rings. The zero-order valence-electron chi connectivity index (χ0n) is 18.4. The molecule has 0 saturated heterocycles. The summed E-state index contributed by atoms with van der Waals surface area (Å²) in [6, 6.07) is 19.5. The van der Waals surface area contributed by atoms with E-state index in [2.05, 4.69) is 15.8 Å². The molecule has 0 spiro atoms. The molecule has 0 radical (unpaired) electrons. The van der Waals surface area contributed by atoms with Gasteiger partial charge in [-0.3, -0.25) is 9.59 Å². The van der Waals surface area contributed by atoms with E-state index in [1.165, 1.54) is 13.3 Å². The highest BCUT2D eigenvalue weighted by Crippen LogP contribution is 2.24. The molecule has 0 saturated carbocycles. The third-order valence-corrected chi connectivity index (χ3v) is 5.26. The van der Waals surface area contributed by atoms with Crippen LogP contribution in [0.4, 0.5) is 5.69 Å². The standard InChI is InChI=1S/C25H23Cl2N3O4/c1-33-23-9-5-3-7-21(23)29-24(31)12-13-25(32)30-28-15-17-6-2-4-8-22(17)34-16-18-10-11-19(26)14-20(18)27/h2-11,14-15H,12-13,16H2,1H3,(H,29,31)(H,30,32). The number of anilines is 1. The van der Waals surface area contributed by atoms with Gasteiger partial charge in [-0.25, -0.2) is 5.43 Å². The number of rotatable bonds is 10. The van der Waals surface area contributed by atoms with Crippen LogP contribution in [0.25, 0.3) is 0 Å². The lowest BCUT2D eigenvalue weighted by molar-refractivity contribution is -0.124. The number of ether oxygens (including phenoxy) is 2. The Bertz CT molecular complexity index is 1180. The van der Waals surface area contributed by atoms with Crippen molar-refractivity contribution in [2.75, 3.05) is 12.4 Å². The van der Waals surface area contributed by atoms with Crippen LogP contribution < -0.4 is 20.2 Å². The van der Waals surface area contributed by atoms with E-state index in [1.54, 1.807) is 54.6 Å². The molecule has 3 aromatic carbocycles. The maximum atomic E-state index is 12.1. The van der Waals surface area contributed by atoms with Crippen LogP contribution in [0.2, 0.25) is 10.0 Å². The molecule has 0 bridgehead atoms. The number of amides is 2. The van der Waals surface area contributed by atoms with Gasteiger partial charge in [0.15, 0.2) is 0 Å². The number of hydrazone groups is 1. The van der Waals surface area contributed by atoms with E-state index < -0.39 is 5.91 Å². The van der Waals surface area contributed by atoms with Crippen LogP contribution >= 0.6 is 23.2 Å². The van der Waals surface area contributed by atoms with E-state index in [0.29, 0.717) is 32.8 Å². The lowest BCUT2D eigenvalue weighted by Gasteiger charge is -2.10. The Labute approximate surface area is 207 Å². The second-order valence-electron chi connectivity index (χ2n) is 7.10. The smallest absolute Gasteiger partial charge is 0.240 e. The number of para-hydroxylation sites is 3. The van der Waals surface area contributed by atoms with Crippen LogP contribution in [0.1, 0.15) is 24.0 Å². The SMILES string of the molecule is COc1ccccc1NC(=O)CCC(=O)NN=Cc1ccccc1OCc1ccc(Cl)cc1Cl. The highest BCUT2D eigenvalue weighted by Gasteiger charge is 2.10. The van der Waals surface area contributed by atoms with Gasteiger partial charge in [-0.15, -0.1) is 0 Å². The average Bonchev–Trinajstić information content (AvgIpc) is 2.83. The fourth-order valence-corrected chi connectivity index (χ4v) is 3.39. The van der Waals surface area contributed by atoms with Gasteiger partial charge in [0.2, 0.25) is 11.8 Å². The summed E-state index contributed by atoms with van der Waals surface area (Å²) in [7, 11) is 1.52. The van der Waals surface area contributed by atoms with Crippen molar-refractivity contribution in [1.82, 2.24) is 5.43 Å². The highest BCUT2D eigenvalue weighted by atomic mass is 35.5. The second kappa shape index (κ2) is 12.6. The minimum absolute atomic E-state index is 0.000944. The van der Waals surface area contributed by atoms with Gasteiger partial charge in [-0.1, -0.05) is 53.5 Å². The number of nitrogens with zero attached hydrogens (tertiary/aromatic N) is 1. The van der Waals surface area contributed by atoms with E-state index in [-0.39, 0.29) is 25.4 Å². The van der Waals surface area contributed by atoms with Gasteiger partial charge in [0, 0.05) is 34.0 Å². The predicted molar refractivity (Wildman–Crippen MR) is 134 cm³/mol. The molecule has 3 rings (SSSR count). The summed E-state index contributed by atoms with van der Waals surface area (Å²) in [5.74, 6) is 0.424. The first-order valence-electron chi connectivity index (χ1n) is 10.4. The Kier molecular flexibility index (Phi) is 9.31. The highest BCUT2D eigenvalue weighted by molar-refractivity contribution is 6.35. The molecule has 0 unspecified atom stereocenters. The normalized spacial score (nSPS) is 10.7. The Morgan fingerprint density at radius 1 is 0.941 bits per heavy atom. The summed E-state index contributed by atoms with van der Waals surface area (Å²) in [4.78, 5) is 24.2. The monoisotopic (exact) mass is 499 g/mol. The van der Waals surface area contributed by atoms with Gasteiger partial charge in [-0.05, 0) is 36.4 Å². The zero-order valence-corrected chi connectivity index (χ0v) is 19.9. The molecular weight excluding hydrogens is 477 g/mol. The third-order valence-electron chi connectivity index (χ3n) is 4.67. The largest absolute Gasteiger partial charge is 0.495 e. The van der Waals surface area contributed by atoms with Crippen molar-refractivity contribution < 1.29 is 19.1 Å². The summed E-state index contributed by atoms with van der Waals surface area (Å²) in [6.07, 6.45) is 1.46. The summed E-state index contributed by atoms with van der Waals surface area (Å²) in [5, 5.41) is 7.77. The number of halogens is 2. The summed E-state index contributed by atoms with van der Waals surface area (Å²) in [5.41, 5.74) is 4.43. The van der Waals surface area contributed by atoms with Gasteiger partial charge in [0.25, 0.3) is 0 Å². The molecule has 176 valence electrons. The molecule has 9 heteroatoms. The summed E-state index contributed by atoms with van der Waals surface area (Å²) in [6.45, 7) is 0.245. The van der Waals surface area contributed by atoms with Crippen molar-refractivity contribution in [3.63, 3.8) is 0 Å². The van der Waals surface area contributed by atoms with E-state index >= 15 is 0 Å². The summed E-state index contributed by atoms with van der Waals surface area (Å²) < 4.78 is 11.1. The van der Waals surface area contributed by atoms with Crippen LogP contribution in [0.3, 0.4) is 0 Å². The van der Waals surface area contributed by atoms with Gasteiger partial charge in [0.1, 0.15) is 18.1 Å². The van der Waals surface area contributed by atoms with E-state index in [0.717, 1.165) is 5.56 Å². The minimum atomic E-state index is -0.391. The van der Waals surface area contributed by atoms with Crippen molar-refractivity contribution >= 4 is 46.9 Å². The zero-order chi connectivity index (χ0) is 24.3. The van der Waals surface area contributed by atoms with Gasteiger partial charge >= 0.3 is 0 Å². The Morgan fingerprint density at radius 2 is 1.65 bits per heavy atom. The molecule has 7 nitrogen and oxygen atoms in total. The van der Waals surface area contributed by atoms with Crippen molar-refractivity contribution in [2.45, 2.75) is 19.4 Å². The fraction of sp³-hybridized carbons (Fsp3) is 0.160. The molecule has 2 N–H and O–H groups in total. The Hall–Kier alpha value is -3.55. The van der Waals surface area contributed by atoms with Crippen LogP contribution in [0, 0.1) is 0 Å². The number of hydrogen-bond acceptors (Lipinski definition) is 5. The number of benzene rings is 3. The van der Waals surface area contributed by atoms with Gasteiger partial charge < -0.3 is 14.8 Å². The van der Waals surface area contributed by atoms with Crippen LogP contribution in [0.5, 0.6) is 11.5 Å². The number of nitrogens with one attached hydrogen (secondary N) is 2. The van der Waals surface area contributed by atoms with Gasteiger partial charge in [0.05, 0.1) is 19.0 Å². The first kappa shape index (κ1) is 25.1. The lowest BCUT2D eigenvalue weighted by atomic mass is 10.2. The minimum Gasteiger partial charge on any atom is -0.495 e. The Balaban J connectivity index is 1.49. The average molecular weight is 500 g/mol.